The van der Waals surface area contributed by atoms with Crippen molar-refractivity contribution in [2.45, 2.75) is 25.8 Å². The number of hydrogen-bond donors (Lipinski definition) is 0. The third-order valence-corrected chi connectivity index (χ3v) is 4.84. The molecule has 5 heteroatoms. The predicted molar refractivity (Wildman–Crippen MR) is 69.6 cm³/mol. The minimum Gasteiger partial charge on any atom is -0.490 e. The van der Waals surface area contributed by atoms with Crippen LogP contribution in [0, 0.1) is 22.7 Å². The Morgan fingerprint density at radius 1 is 1.45 bits per heavy atom. The van der Waals surface area contributed by atoms with Crippen LogP contribution in [-0.4, -0.2) is 28.9 Å². The molecule has 3 fully saturated rings. The summed E-state index contributed by atoms with van der Waals surface area (Å²) >= 11 is 0. The quantitative estimate of drug-likeness (QED) is 0.774. The molecule has 5 nitrogen and oxygen atoms in total. The fourth-order valence-corrected chi connectivity index (χ4v) is 3.65. The van der Waals surface area contributed by atoms with Crippen molar-refractivity contribution in [2.75, 3.05) is 13.2 Å². The first-order chi connectivity index (χ1) is 9.72. The summed E-state index contributed by atoms with van der Waals surface area (Å²) < 4.78 is 5.67. The van der Waals surface area contributed by atoms with E-state index in [9.17, 15) is 4.79 Å². The summed E-state index contributed by atoms with van der Waals surface area (Å²) in [5.41, 5.74) is 1.22. The highest BCUT2D eigenvalue weighted by Crippen LogP contribution is 2.65. The Balaban J connectivity index is 1.62. The Morgan fingerprint density at radius 2 is 2.25 bits per heavy atom. The van der Waals surface area contributed by atoms with Gasteiger partial charge in [0.15, 0.2) is 0 Å². The molecule has 0 N–H and O–H groups in total. The number of nitrogens with zero attached hydrogens (tertiary/aromatic N) is 3. The zero-order valence-electron chi connectivity index (χ0n) is 11.1. The van der Waals surface area contributed by atoms with Gasteiger partial charge in [-0.25, -0.2) is 0 Å². The van der Waals surface area contributed by atoms with Gasteiger partial charge in [0.2, 0.25) is 5.91 Å². The van der Waals surface area contributed by atoms with Crippen molar-refractivity contribution in [3.05, 3.63) is 23.5 Å². The van der Waals surface area contributed by atoms with Gasteiger partial charge in [0.1, 0.15) is 24.0 Å². The average molecular weight is 269 g/mol. The molecule has 0 atom stereocenters. The molecule has 5 rings (SSSR count). The van der Waals surface area contributed by atoms with Crippen molar-refractivity contribution < 1.29 is 9.53 Å². The lowest BCUT2D eigenvalue weighted by Gasteiger charge is -2.61. The van der Waals surface area contributed by atoms with Crippen molar-refractivity contribution in [1.82, 2.24) is 9.88 Å². The van der Waals surface area contributed by atoms with E-state index in [1.165, 1.54) is 6.20 Å². The van der Waals surface area contributed by atoms with E-state index in [0.717, 1.165) is 30.7 Å². The summed E-state index contributed by atoms with van der Waals surface area (Å²) in [5, 5.41) is 9.09. The first kappa shape index (κ1) is 11.7. The molecule has 102 valence electrons. The number of nitriles is 1. The van der Waals surface area contributed by atoms with Crippen LogP contribution in [-0.2, 0) is 11.3 Å². The van der Waals surface area contributed by atoms with Crippen LogP contribution in [0.1, 0.15) is 30.4 Å². The topological polar surface area (TPSA) is 66.2 Å². The lowest BCUT2D eigenvalue weighted by atomic mass is 9.44. The van der Waals surface area contributed by atoms with Crippen LogP contribution in [0.2, 0.25) is 0 Å². The molecule has 0 aromatic carbocycles. The lowest BCUT2D eigenvalue weighted by molar-refractivity contribution is -0.177. The number of pyridine rings is 1. The number of amides is 1. The van der Waals surface area contributed by atoms with E-state index < -0.39 is 0 Å². The molecule has 0 radical (unpaired) electrons. The monoisotopic (exact) mass is 269 g/mol. The molecule has 2 heterocycles. The maximum atomic E-state index is 12.6. The van der Waals surface area contributed by atoms with Gasteiger partial charge < -0.3 is 9.64 Å². The Labute approximate surface area is 117 Å². The Kier molecular flexibility index (Phi) is 2.31. The number of fused-ring (bicyclic) bond motifs is 1. The van der Waals surface area contributed by atoms with Gasteiger partial charge in [-0.3, -0.25) is 9.78 Å². The SMILES string of the molecule is N#Cc1cncc2c1OCCN(C(=O)C13CC(C1)C3)C2. The van der Waals surface area contributed by atoms with Crippen LogP contribution in [0.15, 0.2) is 12.4 Å². The molecule has 1 aromatic rings. The summed E-state index contributed by atoms with van der Waals surface area (Å²) in [5.74, 6) is 1.65. The van der Waals surface area contributed by atoms with Crippen LogP contribution in [0.5, 0.6) is 5.75 Å². The smallest absolute Gasteiger partial charge is 0.229 e. The van der Waals surface area contributed by atoms with Crippen molar-refractivity contribution >= 4 is 5.91 Å². The highest BCUT2D eigenvalue weighted by Gasteiger charge is 2.62. The molecule has 1 aromatic heterocycles. The van der Waals surface area contributed by atoms with E-state index >= 15 is 0 Å². The summed E-state index contributed by atoms with van der Waals surface area (Å²) in [7, 11) is 0. The summed E-state index contributed by atoms with van der Waals surface area (Å²) in [4.78, 5) is 18.6. The van der Waals surface area contributed by atoms with Gasteiger partial charge in [-0.1, -0.05) is 0 Å². The van der Waals surface area contributed by atoms with Crippen LogP contribution in [0.3, 0.4) is 0 Å². The average Bonchev–Trinajstić information content (AvgIpc) is 2.56. The number of carbonyl (C=O) groups is 1. The van der Waals surface area contributed by atoms with Crippen molar-refractivity contribution in [2.24, 2.45) is 11.3 Å². The number of aromatic nitrogens is 1. The van der Waals surface area contributed by atoms with Gasteiger partial charge in [0.25, 0.3) is 0 Å². The third kappa shape index (κ3) is 1.48. The number of hydrogen-bond acceptors (Lipinski definition) is 4. The molecule has 2 bridgehead atoms. The number of carbonyl (C=O) groups excluding carboxylic acids is 1. The molecule has 20 heavy (non-hydrogen) atoms. The summed E-state index contributed by atoms with van der Waals surface area (Å²) in [6, 6.07) is 2.10. The van der Waals surface area contributed by atoms with Crippen molar-refractivity contribution in [3.8, 4) is 11.8 Å². The molecule has 1 aliphatic heterocycles. The second-order valence-corrected chi connectivity index (χ2v) is 6.12. The molecule has 0 spiro atoms. The van der Waals surface area contributed by atoms with Gasteiger partial charge >= 0.3 is 0 Å². The Hall–Kier alpha value is -2.09. The molecule has 0 unspecified atom stereocenters. The van der Waals surface area contributed by atoms with E-state index in [0.29, 0.717) is 31.0 Å². The third-order valence-electron chi connectivity index (χ3n) is 4.84. The van der Waals surface area contributed by atoms with E-state index in [-0.39, 0.29) is 11.3 Å². The summed E-state index contributed by atoms with van der Waals surface area (Å²) in [6.45, 7) is 1.53. The summed E-state index contributed by atoms with van der Waals surface area (Å²) in [6.07, 6.45) is 6.40. The first-order valence-corrected chi connectivity index (χ1v) is 7.01. The van der Waals surface area contributed by atoms with E-state index in [2.05, 4.69) is 11.1 Å². The fourth-order valence-electron chi connectivity index (χ4n) is 3.65. The first-order valence-electron chi connectivity index (χ1n) is 7.01. The minimum atomic E-state index is -0.0601. The molecular formula is C15H15N3O2. The van der Waals surface area contributed by atoms with E-state index in [1.807, 2.05) is 4.90 Å². The Morgan fingerprint density at radius 3 is 2.90 bits per heavy atom. The molecule has 3 saturated carbocycles. The highest BCUT2D eigenvalue weighted by molar-refractivity contribution is 5.86. The lowest BCUT2D eigenvalue weighted by Crippen LogP contribution is -2.61. The van der Waals surface area contributed by atoms with Gasteiger partial charge in [-0.05, 0) is 25.2 Å². The van der Waals surface area contributed by atoms with Gasteiger partial charge in [-0.15, -0.1) is 0 Å². The van der Waals surface area contributed by atoms with Crippen LogP contribution < -0.4 is 4.74 Å². The normalized spacial score (nSPS) is 29.9. The fraction of sp³-hybridized carbons (Fsp3) is 0.533. The second-order valence-electron chi connectivity index (χ2n) is 6.12. The second kappa shape index (κ2) is 3.95. The number of ether oxygens (including phenoxy) is 1. The molecule has 1 amide bonds. The van der Waals surface area contributed by atoms with Crippen LogP contribution in [0.4, 0.5) is 0 Å². The maximum Gasteiger partial charge on any atom is 0.229 e. The highest BCUT2D eigenvalue weighted by atomic mass is 16.5. The van der Waals surface area contributed by atoms with Crippen LogP contribution in [0.25, 0.3) is 0 Å². The zero-order valence-corrected chi connectivity index (χ0v) is 11.1. The van der Waals surface area contributed by atoms with E-state index in [4.69, 9.17) is 10.00 Å². The molecule has 4 aliphatic rings. The number of rotatable bonds is 1. The molecular weight excluding hydrogens is 254 g/mol. The molecule has 0 saturated heterocycles. The van der Waals surface area contributed by atoms with Crippen molar-refractivity contribution in [3.63, 3.8) is 0 Å². The van der Waals surface area contributed by atoms with Gasteiger partial charge in [0.05, 0.1) is 18.5 Å². The van der Waals surface area contributed by atoms with Crippen LogP contribution >= 0.6 is 0 Å². The predicted octanol–water partition coefficient (Wildman–Crippen LogP) is 1.47. The zero-order chi connectivity index (χ0) is 13.7. The largest absolute Gasteiger partial charge is 0.490 e. The maximum absolute atomic E-state index is 12.6. The minimum absolute atomic E-state index is 0.0601. The van der Waals surface area contributed by atoms with Gasteiger partial charge in [0, 0.05) is 18.0 Å². The standard InChI is InChI=1S/C15H15N3O2/c16-6-11-7-17-8-12-9-18(1-2-20-13(11)12)14(19)15-3-10(4-15)5-15/h7-8,10H,1-5,9H2. The van der Waals surface area contributed by atoms with Crippen molar-refractivity contribution in [1.29, 1.82) is 5.26 Å². The Bertz CT molecular complexity index is 617. The molecule has 3 aliphatic carbocycles. The van der Waals surface area contributed by atoms with Gasteiger partial charge in [-0.2, -0.15) is 5.26 Å². The van der Waals surface area contributed by atoms with E-state index in [1.54, 1.807) is 6.20 Å².